The second-order valence-electron chi connectivity index (χ2n) is 7.11. The van der Waals surface area contributed by atoms with E-state index in [9.17, 15) is 5.11 Å². The first-order chi connectivity index (χ1) is 11.7. The van der Waals surface area contributed by atoms with Crippen molar-refractivity contribution in [3.05, 3.63) is 29.8 Å². The number of aliphatic hydroxyl groups is 1. The molecule has 0 radical (unpaired) electrons. The van der Waals surface area contributed by atoms with Crippen LogP contribution in [0.15, 0.2) is 24.3 Å². The van der Waals surface area contributed by atoms with E-state index in [-0.39, 0.29) is 0 Å². The van der Waals surface area contributed by atoms with Crippen molar-refractivity contribution < 1.29 is 14.6 Å². The van der Waals surface area contributed by atoms with Gasteiger partial charge in [0.05, 0.1) is 13.2 Å². The SMILES string of the molecule is Cc1cccc(OCC(O)CN2CCC(CN3CCOCC3)C2)c1. The molecule has 2 atom stereocenters. The Balaban J connectivity index is 1.35. The summed E-state index contributed by atoms with van der Waals surface area (Å²) in [4.78, 5) is 4.88. The van der Waals surface area contributed by atoms with Gasteiger partial charge in [0.2, 0.25) is 0 Å². The lowest BCUT2D eigenvalue weighted by atomic mass is 10.1. The number of likely N-dealkylation sites (tertiary alicyclic amines) is 1. The van der Waals surface area contributed by atoms with Crippen molar-refractivity contribution in [3.63, 3.8) is 0 Å². The summed E-state index contributed by atoms with van der Waals surface area (Å²) in [7, 11) is 0. The Morgan fingerprint density at radius 3 is 2.88 bits per heavy atom. The van der Waals surface area contributed by atoms with Crippen molar-refractivity contribution >= 4 is 0 Å². The number of nitrogens with zero attached hydrogens (tertiary/aromatic N) is 2. The summed E-state index contributed by atoms with van der Waals surface area (Å²) in [5.41, 5.74) is 1.17. The molecule has 2 fully saturated rings. The zero-order chi connectivity index (χ0) is 16.8. The van der Waals surface area contributed by atoms with Crippen LogP contribution in [-0.4, -0.2) is 80.1 Å². The fourth-order valence-electron chi connectivity index (χ4n) is 3.62. The van der Waals surface area contributed by atoms with E-state index in [2.05, 4.69) is 9.80 Å². The molecule has 0 spiro atoms. The summed E-state index contributed by atoms with van der Waals surface area (Å²) in [6.45, 7) is 10.3. The van der Waals surface area contributed by atoms with E-state index in [1.807, 2.05) is 31.2 Å². The van der Waals surface area contributed by atoms with Gasteiger partial charge in [0, 0.05) is 32.7 Å². The van der Waals surface area contributed by atoms with Crippen LogP contribution in [0.25, 0.3) is 0 Å². The zero-order valence-corrected chi connectivity index (χ0v) is 14.7. The third kappa shape index (κ3) is 5.45. The summed E-state index contributed by atoms with van der Waals surface area (Å²) in [5.74, 6) is 1.55. The summed E-state index contributed by atoms with van der Waals surface area (Å²) in [6, 6.07) is 7.96. The van der Waals surface area contributed by atoms with Gasteiger partial charge in [0.25, 0.3) is 0 Å². The Hall–Kier alpha value is -1.14. The van der Waals surface area contributed by atoms with E-state index in [4.69, 9.17) is 9.47 Å². The minimum absolute atomic E-state index is 0.355. The highest BCUT2D eigenvalue weighted by Crippen LogP contribution is 2.19. The van der Waals surface area contributed by atoms with Crippen molar-refractivity contribution in [1.82, 2.24) is 9.80 Å². The van der Waals surface area contributed by atoms with Crippen LogP contribution in [0.4, 0.5) is 0 Å². The number of hydrogen-bond donors (Lipinski definition) is 1. The first-order valence-electron chi connectivity index (χ1n) is 9.09. The maximum Gasteiger partial charge on any atom is 0.119 e. The van der Waals surface area contributed by atoms with Crippen molar-refractivity contribution in [1.29, 1.82) is 0 Å². The van der Waals surface area contributed by atoms with Gasteiger partial charge in [-0.2, -0.15) is 0 Å². The van der Waals surface area contributed by atoms with Crippen LogP contribution in [-0.2, 0) is 4.74 Å². The van der Waals surface area contributed by atoms with Crippen molar-refractivity contribution in [2.45, 2.75) is 19.4 Å². The number of β-amino-alcohol motifs (C(OH)–C–C–N with tert-alkyl or cyclic N) is 1. The molecule has 2 aliphatic heterocycles. The smallest absolute Gasteiger partial charge is 0.119 e. The molecule has 0 bridgehead atoms. The number of hydrogen-bond acceptors (Lipinski definition) is 5. The Kier molecular flexibility index (Phi) is 6.49. The van der Waals surface area contributed by atoms with E-state index < -0.39 is 6.10 Å². The Bertz CT molecular complexity index is 505. The molecule has 5 nitrogen and oxygen atoms in total. The molecule has 0 aliphatic carbocycles. The van der Waals surface area contributed by atoms with E-state index in [0.29, 0.717) is 19.1 Å². The lowest BCUT2D eigenvalue weighted by molar-refractivity contribution is 0.0304. The highest BCUT2D eigenvalue weighted by atomic mass is 16.5. The molecule has 134 valence electrons. The Morgan fingerprint density at radius 1 is 1.25 bits per heavy atom. The third-order valence-electron chi connectivity index (χ3n) is 4.89. The van der Waals surface area contributed by atoms with Crippen LogP contribution in [0.3, 0.4) is 0 Å². The van der Waals surface area contributed by atoms with Crippen LogP contribution in [0.2, 0.25) is 0 Å². The molecule has 0 amide bonds. The summed E-state index contributed by atoms with van der Waals surface area (Å²) in [6.07, 6.45) is 0.788. The summed E-state index contributed by atoms with van der Waals surface area (Å²) >= 11 is 0. The third-order valence-corrected chi connectivity index (χ3v) is 4.89. The fourth-order valence-corrected chi connectivity index (χ4v) is 3.62. The Morgan fingerprint density at radius 2 is 2.08 bits per heavy atom. The van der Waals surface area contributed by atoms with Gasteiger partial charge in [-0.1, -0.05) is 12.1 Å². The quantitative estimate of drug-likeness (QED) is 0.816. The van der Waals surface area contributed by atoms with Crippen molar-refractivity contribution in [2.75, 3.05) is 59.1 Å². The number of rotatable bonds is 7. The standard InChI is InChI=1S/C19H30N2O3/c1-16-3-2-4-19(11-16)24-15-18(22)14-21-6-5-17(13-21)12-20-7-9-23-10-8-20/h2-4,11,17-18,22H,5-10,12-15H2,1H3. The second-order valence-corrected chi connectivity index (χ2v) is 7.11. The minimum atomic E-state index is -0.437. The second kappa shape index (κ2) is 8.81. The number of ether oxygens (including phenoxy) is 2. The van der Waals surface area contributed by atoms with Gasteiger partial charge in [-0.25, -0.2) is 0 Å². The normalized spacial score (nSPS) is 24.2. The average Bonchev–Trinajstić information content (AvgIpc) is 3.01. The molecule has 1 N–H and O–H groups in total. The van der Waals surface area contributed by atoms with Gasteiger partial charge in [-0.05, 0) is 43.5 Å². The lowest BCUT2D eigenvalue weighted by Gasteiger charge is -2.29. The minimum Gasteiger partial charge on any atom is -0.491 e. The molecule has 2 aliphatic rings. The first-order valence-corrected chi connectivity index (χ1v) is 9.09. The molecular formula is C19H30N2O3. The average molecular weight is 334 g/mol. The van der Waals surface area contributed by atoms with Crippen LogP contribution < -0.4 is 4.74 Å². The van der Waals surface area contributed by atoms with Crippen molar-refractivity contribution in [2.24, 2.45) is 5.92 Å². The predicted molar refractivity (Wildman–Crippen MR) is 94.5 cm³/mol. The molecule has 1 aromatic rings. The van der Waals surface area contributed by atoms with Gasteiger partial charge in [0.15, 0.2) is 0 Å². The number of aryl methyl sites for hydroxylation is 1. The maximum atomic E-state index is 10.3. The predicted octanol–water partition coefficient (Wildman–Crippen LogP) is 1.39. The van der Waals surface area contributed by atoms with Crippen LogP contribution in [0.1, 0.15) is 12.0 Å². The Labute approximate surface area is 145 Å². The van der Waals surface area contributed by atoms with Gasteiger partial charge < -0.3 is 19.5 Å². The van der Waals surface area contributed by atoms with E-state index in [1.165, 1.54) is 12.0 Å². The highest BCUT2D eigenvalue weighted by molar-refractivity contribution is 5.27. The van der Waals surface area contributed by atoms with Crippen LogP contribution in [0, 0.1) is 12.8 Å². The van der Waals surface area contributed by atoms with Crippen LogP contribution >= 0.6 is 0 Å². The molecule has 0 saturated carbocycles. The molecule has 2 unspecified atom stereocenters. The van der Waals surface area contributed by atoms with Gasteiger partial charge in [-0.3, -0.25) is 4.90 Å². The zero-order valence-electron chi connectivity index (χ0n) is 14.7. The number of morpholine rings is 1. The van der Waals surface area contributed by atoms with Gasteiger partial charge in [-0.15, -0.1) is 0 Å². The van der Waals surface area contributed by atoms with Crippen LogP contribution in [0.5, 0.6) is 5.75 Å². The van der Waals surface area contributed by atoms with E-state index in [0.717, 1.165) is 51.7 Å². The summed E-state index contributed by atoms with van der Waals surface area (Å²) in [5, 5.41) is 10.3. The molecule has 2 saturated heterocycles. The first kappa shape index (κ1) is 17.7. The fraction of sp³-hybridized carbons (Fsp3) is 0.684. The highest BCUT2D eigenvalue weighted by Gasteiger charge is 2.26. The maximum absolute atomic E-state index is 10.3. The molecule has 24 heavy (non-hydrogen) atoms. The number of benzene rings is 1. The molecule has 5 heteroatoms. The van der Waals surface area contributed by atoms with Gasteiger partial charge in [0.1, 0.15) is 18.5 Å². The summed E-state index contributed by atoms with van der Waals surface area (Å²) < 4.78 is 11.1. The topological polar surface area (TPSA) is 45.2 Å². The van der Waals surface area contributed by atoms with Gasteiger partial charge >= 0.3 is 0 Å². The van der Waals surface area contributed by atoms with E-state index in [1.54, 1.807) is 0 Å². The van der Waals surface area contributed by atoms with Crippen molar-refractivity contribution in [3.8, 4) is 5.75 Å². The molecular weight excluding hydrogens is 304 g/mol. The molecule has 0 aromatic heterocycles. The van der Waals surface area contributed by atoms with E-state index >= 15 is 0 Å². The molecule has 2 heterocycles. The lowest BCUT2D eigenvalue weighted by Crippen LogP contribution is -2.40. The molecule has 1 aromatic carbocycles. The number of aliphatic hydroxyl groups excluding tert-OH is 1. The largest absolute Gasteiger partial charge is 0.491 e. The monoisotopic (exact) mass is 334 g/mol. The molecule has 3 rings (SSSR count).